The van der Waals surface area contributed by atoms with Gasteiger partial charge in [0.25, 0.3) is 0 Å². The monoisotopic (exact) mass is 425 g/mol. The van der Waals surface area contributed by atoms with Crippen LogP contribution in [0.1, 0.15) is 25.0 Å². The van der Waals surface area contributed by atoms with Crippen LogP contribution < -0.4 is 5.32 Å². The Bertz CT molecular complexity index is 1720. The third-order valence-corrected chi connectivity index (χ3v) is 7.22. The van der Waals surface area contributed by atoms with E-state index < -0.39 is 0 Å². The molecule has 1 aliphatic carbocycles. The van der Waals surface area contributed by atoms with Gasteiger partial charge in [-0.05, 0) is 63.4 Å². The van der Waals surface area contributed by atoms with Crippen molar-refractivity contribution >= 4 is 44.1 Å². The molecule has 0 atom stereocenters. The minimum absolute atomic E-state index is 0.0719. The molecule has 0 saturated carbocycles. The van der Waals surface area contributed by atoms with Crippen molar-refractivity contribution in [3.05, 3.63) is 108 Å². The van der Waals surface area contributed by atoms with Crippen LogP contribution in [0.25, 0.3) is 43.8 Å². The Labute approximate surface area is 192 Å². The third-order valence-electron chi connectivity index (χ3n) is 7.22. The van der Waals surface area contributed by atoms with Crippen molar-refractivity contribution in [3.8, 4) is 11.1 Å². The van der Waals surface area contributed by atoms with Crippen molar-refractivity contribution in [3.63, 3.8) is 0 Å². The van der Waals surface area contributed by atoms with Gasteiger partial charge in [-0.25, -0.2) is 0 Å². The topological polar surface area (TPSA) is 25.2 Å². The van der Waals surface area contributed by atoms with Crippen LogP contribution in [-0.4, -0.2) is 0 Å². The summed E-state index contributed by atoms with van der Waals surface area (Å²) in [5, 5.41) is 8.61. The molecule has 1 aromatic heterocycles. The summed E-state index contributed by atoms with van der Waals surface area (Å²) < 4.78 is 6.08. The SMILES string of the molecule is CC1(C)c2cc(Nc3cccc4oc5ccccc5c34)ccc2-c2ccc3ccccc3c21. The molecule has 1 N–H and O–H groups in total. The highest BCUT2D eigenvalue weighted by Crippen LogP contribution is 2.52. The lowest BCUT2D eigenvalue weighted by Crippen LogP contribution is -2.15. The van der Waals surface area contributed by atoms with E-state index in [1.807, 2.05) is 24.3 Å². The van der Waals surface area contributed by atoms with Gasteiger partial charge in [0, 0.05) is 16.5 Å². The number of nitrogens with one attached hydrogen (secondary N) is 1. The lowest BCUT2D eigenvalue weighted by Gasteiger charge is -2.23. The molecule has 2 heteroatoms. The average Bonchev–Trinajstić information content (AvgIpc) is 3.33. The Morgan fingerprint density at radius 2 is 1.42 bits per heavy atom. The van der Waals surface area contributed by atoms with Crippen LogP contribution in [0, 0.1) is 0 Å². The fourth-order valence-corrected chi connectivity index (χ4v) is 5.71. The molecule has 6 aromatic rings. The fourth-order valence-electron chi connectivity index (χ4n) is 5.71. The summed E-state index contributed by atoms with van der Waals surface area (Å²) in [7, 11) is 0. The van der Waals surface area contributed by atoms with Crippen molar-refractivity contribution in [1.82, 2.24) is 0 Å². The highest BCUT2D eigenvalue weighted by molar-refractivity contribution is 6.12. The molecule has 0 saturated heterocycles. The summed E-state index contributed by atoms with van der Waals surface area (Å²) in [6.07, 6.45) is 0. The maximum atomic E-state index is 6.08. The largest absolute Gasteiger partial charge is 0.456 e. The van der Waals surface area contributed by atoms with E-state index in [2.05, 4.69) is 92.0 Å². The van der Waals surface area contributed by atoms with Crippen LogP contribution >= 0.6 is 0 Å². The van der Waals surface area contributed by atoms with Gasteiger partial charge >= 0.3 is 0 Å². The number of benzene rings is 5. The summed E-state index contributed by atoms with van der Waals surface area (Å²) in [5.74, 6) is 0. The smallest absolute Gasteiger partial charge is 0.137 e. The molecule has 0 amide bonds. The Kier molecular flexibility index (Phi) is 3.64. The molecule has 0 spiro atoms. The minimum atomic E-state index is -0.0719. The molecular formula is C31H23NO. The molecule has 2 nitrogen and oxygen atoms in total. The van der Waals surface area contributed by atoms with Gasteiger partial charge in [0.05, 0.1) is 11.1 Å². The van der Waals surface area contributed by atoms with E-state index in [4.69, 9.17) is 4.42 Å². The van der Waals surface area contributed by atoms with Crippen LogP contribution in [0.5, 0.6) is 0 Å². The van der Waals surface area contributed by atoms with E-state index in [0.29, 0.717) is 0 Å². The molecule has 33 heavy (non-hydrogen) atoms. The van der Waals surface area contributed by atoms with E-state index in [1.54, 1.807) is 0 Å². The first-order chi connectivity index (χ1) is 16.1. The van der Waals surface area contributed by atoms with Crippen LogP contribution in [0.4, 0.5) is 11.4 Å². The first-order valence-corrected chi connectivity index (χ1v) is 11.5. The third kappa shape index (κ3) is 2.55. The quantitative estimate of drug-likeness (QED) is 0.300. The van der Waals surface area contributed by atoms with Crippen molar-refractivity contribution in [2.24, 2.45) is 0 Å². The van der Waals surface area contributed by atoms with E-state index in [-0.39, 0.29) is 5.41 Å². The zero-order valence-electron chi connectivity index (χ0n) is 18.6. The second-order valence-corrected chi connectivity index (χ2v) is 9.50. The van der Waals surface area contributed by atoms with Gasteiger partial charge < -0.3 is 9.73 Å². The van der Waals surface area contributed by atoms with Gasteiger partial charge in [0.1, 0.15) is 11.2 Å². The first-order valence-electron chi connectivity index (χ1n) is 11.5. The molecule has 1 heterocycles. The van der Waals surface area contributed by atoms with E-state index in [0.717, 1.165) is 33.3 Å². The second-order valence-electron chi connectivity index (χ2n) is 9.50. The first kappa shape index (κ1) is 18.5. The molecule has 0 fully saturated rings. The maximum Gasteiger partial charge on any atom is 0.137 e. The molecule has 1 aliphatic rings. The van der Waals surface area contributed by atoms with Crippen LogP contribution in [0.2, 0.25) is 0 Å². The van der Waals surface area contributed by atoms with Crippen LogP contribution in [-0.2, 0) is 5.41 Å². The predicted octanol–water partition coefficient (Wildman–Crippen LogP) is 8.79. The summed E-state index contributed by atoms with van der Waals surface area (Å²) >= 11 is 0. The maximum absolute atomic E-state index is 6.08. The zero-order valence-corrected chi connectivity index (χ0v) is 18.6. The number of hydrogen-bond donors (Lipinski definition) is 1. The highest BCUT2D eigenvalue weighted by atomic mass is 16.3. The summed E-state index contributed by atoms with van der Waals surface area (Å²) in [6.45, 7) is 4.69. The van der Waals surface area contributed by atoms with Crippen LogP contribution in [0.3, 0.4) is 0 Å². The lowest BCUT2D eigenvalue weighted by molar-refractivity contribution is 0.666. The van der Waals surface area contributed by atoms with Gasteiger partial charge in [-0.1, -0.05) is 80.6 Å². The Morgan fingerprint density at radius 1 is 0.667 bits per heavy atom. The van der Waals surface area contributed by atoms with Crippen molar-refractivity contribution in [1.29, 1.82) is 0 Å². The summed E-state index contributed by atoms with van der Waals surface area (Å²) in [5.41, 5.74) is 9.38. The van der Waals surface area contributed by atoms with Gasteiger partial charge in [-0.2, -0.15) is 0 Å². The average molecular weight is 426 g/mol. The number of anilines is 2. The molecule has 7 rings (SSSR count). The van der Waals surface area contributed by atoms with Gasteiger partial charge in [-0.3, -0.25) is 0 Å². The standard InChI is InChI=1S/C31H23NO/c1-31(2)25-18-20(15-17-22(25)23-16-14-19-8-3-4-9-21(19)30(23)31)32-26-11-7-13-28-29(26)24-10-5-6-12-27(24)33-28/h3-18,32H,1-2H3. The number of hydrogen-bond acceptors (Lipinski definition) is 2. The number of para-hydroxylation sites is 1. The Balaban J connectivity index is 1.37. The fraction of sp³-hybridized carbons (Fsp3) is 0.0968. The van der Waals surface area contributed by atoms with Crippen LogP contribution in [0.15, 0.2) is 101 Å². The summed E-state index contributed by atoms with van der Waals surface area (Å²) in [4.78, 5) is 0. The molecular weight excluding hydrogens is 402 g/mol. The summed E-state index contributed by atoms with van der Waals surface area (Å²) in [6, 6.07) is 34.5. The van der Waals surface area contributed by atoms with Crippen molar-refractivity contribution < 1.29 is 4.42 Å². The lowest BCUT2D eigenvalue weighted by atomic mass is 9.80. The Hall–Kier alpha value is -4.04. The molecule has 0 radical (unpaired) electrons. The van der Waals surface area contributed by atoms with Gasteiger partial charge in [-0.15, -0.1) is 0 Å². The highest BCUT2D eigenvalue weighted by Gasteiger charge is 2.37. The van der Waals surface area contributed by atoms with Crippen molar-refractivity contribution in [2.75, 3.05) is 5.32 Å². The number of fused-ring (bicyclic) bond motifs is 8. The molecule has 0 aliphatic heterocycles. The molecule has 0 unspecified atom stereocenters. The Morgan fingerprint density at radius 3 is 2.33 bits per heavy atom. The molecule has 158 valence electrons. The molecule has 5 aromatic carbocycles. The van der Waals surface area contributed by atoms with Crippen molar-refractivity contribution in [2.45, 2.75) is 19.3 Å². The number of rotatable bonds is 2. The van der Waals surface area contributed by atoms with E-state index in [1.165, 1.54) is 33.0 Å². The van der Waals surface area contributed by atoms with Gasteiger partial charge in [0.2, 0.25) is 0 Å². The normalized spacial score (nSPS) is 14.0. The minimum Gasteiger partial charge on any atom is -0.456 e. The van der Waals surface area contributed by atoms with E-state index >= 15 is 0 Å². The molecule has 0 bridgehead atoms. The van der Waals surface area contributed by atoms with E-state index in [9.17, 15) is 0 Å². The second kappa shape index (κ2) is 6.49. The van der Waals surface area contributed by atoms with Gasteiger partial charge in [0.15, 0.2) is 0 Å². The number of furan rings is 1. The predicted molar refractivity (Wildman–Crippen MR) is 139 cm³/mol. The zero-order chi connectivity index (χ0) is 22.2.